The first-order chi connectivity index (χ1) is 16.0. The van der Waals surface area contributed by atoms with Crippen LogP contribution in [0.2, 0.25) is 5.02 Å². The van der Waals surface area contributed by atoms with Crippen molar-refractivity contribution < 1.29 is 13.2 Å². The van der Waals surface area contributed by atoms with Crippen LogP contribution in [0, 0.1) is 0 Å². The van der Waals surface area contributed by atoms with Crippen LogP contribution in [0.15, 0.2) is 43.0 Å². The number of hydrogen-bond donors (Lipinski definition) is 4. The van der Waals surface area contributed by atoms with Gasteiger partial charge in [-0.25, -0.2) is 28.2 Å². The number of fused-ring (bicyclic) bond motifs is 1. The number of nitrogens with one attached hydrogen (secondary N) is 3. The molecule has 0 radical (unpaired) electrons. The summed E-state index contributed by atoms with van der Waals surface area (Å²) in [5, 5.41) is 13.9. The second-order valence-corrected chi connectivity index (χ2v) is 9.44. The number of aromatic nitrogens is 5. The molecule has 0 fully saturated rings. The summed E-state index contributed by atoms with van der Waals surface area (Å²) in [5.41, 5.74) is 1.86. The Balaban J connectivity index is 1.33. The van der Waals surface area contributed by atoms with Crippen LogP contribution in [-0.4, -0.2) is 51.5 Å². The number of urea groups is 1. The van der Waals surface area contributed by atoms with Crippen molar-refractivity contribution in [3.8, 4) is 0 Å². The minimum Gasteiger partial charge on any atom is -0.368 e. The van der Waals surface area contributed by atoms with Crippen molar-refractivity contribution in [3.63, 3.8) is 0 Å². The summed E-state index contributed by atoms with van der Waals surface area (Å²) in [6, 6.07) is 6.45. The summed E-state index contributed by atoms with van der Waals surface area (Å²) < 4.78 is 23.4. The predicted octanol–water partition coefficient (Wildman–Crippen LogP) is 2.85. The van der Waals surface area contributed by atoms with E-state index in [0.29, 0.717) is 45.7 Å². The minimum atomic E-state index is -2.50. The number of nitrogens with zero attached hydrogens (tertiary/aromatic N) is 5. The lowest BCUT2D eigenvalue weighted by atomic mass is 10.3. The number of amides is 2. The van der Waals surface area contributed by atoms with Gasteiger partial charge in [-0.15, -0.1) is 11.3 Å². The van der Waals surface area contributed by atoms with E-state index in [-0.39, 0.29) is 12.3 Å². The number of aryl methyl sites for hydroxylation is 1. The van der Waals surface area contributed by atoms with Gasteiger partial charge in [-0.3, -0.25) is 10.00 Å². The molecule has 0 aliphatic rings. The fourth-order valence-corrected chi connectivity index (χ4v) is 4.36. The topological polar surface area (TPSA) is 144 Å². The summed E-state index contributed by atoms with van der Waals surface area (Å²) in [7, 11) is -2.50. The van der Waals surface area contributed by atoms with Gasteiger partial charge < -0.3 is 10.6 Å². The van der Waals surface area contributed by atoms with Crippen LogP contribution in [0.4, 0.5) is 21.4 Å². The molecule has 0 saturated heterocycles. The number of carbonyl (C=O) groups excluding carboxylic acids is 1. The third-order valence-electron chi connectivity index (χ3n) is 4.44. The molecule has 172 valence electrons. The Morgan fingerprint density at radius 2 is 2.03 bits per heavy atom. The molecule has 0 aliphatic carbocycles. The maximum atomic E-state index is 12.2. The standard InChI is InChI=1S/C19H19ClN8O3S2/c20-12-2-1-3-13(8-12)26-18(29)27-19-22-9-14(32-19)4-5-21-17-16-15(23-11-24-17)10-25-28(16)6-7-33(30)31/h1-3,8-11,33H,4-7H2,(H,21,23,24)(H2,22,26,27,29). The van der Waals surface area contributed by atoms with E-state index in [0.717, 1.165) is 4.88 Å². The van der Waals surface area contributed by atoms with E-state index in [1.54, 1.807) is 41.3 Å². The number of rotatable bonds is 9. The smallest absolute Gasteiger partial charge is 0.325 e. The molecule has 14 heteroatoms. The highest BCUT2D eigenvalue weighted by atomic mass is 35.5. The second kappa shape index (κ2) is 10.6. The lowest BCUT2D eigenvalue weighted by Gasteiger charge is -2.08. The second-order valence-electron chi connectivity index (χ2n) is 6.78. The molecule has 11 nitrogen and oxygen atoms in total. The SMILES string of the molecule is O=C(Nc1cccc(Cl)c1)Nc1ncc(CCNc2ncnc3cnn(CC[SH](=O)=O)c23)s1. The third-order valence-corrected chi connectivity index (χ3v) is 6.22. The molecule has 3 N–H and O–H groups in total. The molecule has 0 aliphatic heterocycles. The van der Waals surface area contributed by atoms with Crippen LogP contribution in [0.5, 0.6) is 0 Å². The number of halogens is 1. The average molecular weight is 507 g/mol. The van der Waals surface area contributed by atoms with Crippen LogP contribution in [-0.2, 0) is 23.7 Å². The fraction of sp³-hybridized carbons (Fsp3) is 0.211. The van der Waals surface area contributed by atoms with Gasteiger partial charge in [0.1, 0.15) is 28.1 Å². The summed E-state index contributed by atoms with van der Waals surface area (Å²) in [5.74, 6) is 0.560. The Kier molecular flexibility index (Phi) is 7.32. The zero-order valence-corrected chi connectivity index (χ0v) is 19.5. The first-order valence-corrected chi connectivity index (χ1v) is 12.3. The monoisotopic (exact) mass is 506 g/mol. The van der Waals surface area contributed by atoms with Crippen LogP contribution in [0.3, 0.4) is 0 Å². The Hall–Kier alpha value is -3.29. The Bertz CT molecular complexity index is 1350. The predicted molar refractivity (Wildman–Crippen MR) is 129 cm³/mol. The van der Waals surface area contributed by atoms with E-state index in [9.17, 15) is 13.2 Å². The van der Waals surface area contributed by atoms with Crippen molar-refractivity contribution in [2.75, 3.05) is 28.2 Å². The summed E-state index contributed by atoms with van der Waals surface area (Å²) >= 11 is 7.29. The van der Waals surface area contributed by atoms with E-state index in [1.807, 2.05) is 0 Å². The molecule has 4 aromatic rings. The van der Waals surface area contributed by atoms with Gasteiger partial charge in [-0.1, -0.05) is 17.7 Å². The molecule has 33 heavy (non-hydrogen) atoms. The van der Waals surface area contributed by atoms with Gasteiger partial charge in [0.2, 0.25) is 0 Å². The van der Waals surface area contributed by atoms with Crippen LogP contribution in [0.1, 0.15) is 4.88 Å². The van der Waals surface area contributed by atoms with E-state index >= 15 is 0 Å². The zero-order valence-electron chi connectivity index (χ0n) is 17.1. The number of thiazole rings is 1. The number of carbonyl (C=O) groups is 1. The van der Waals surface area contributed by atoms with Gasteiger partial charge in [0, 0.05) is 34.7 Å². The van der Waals surface area contributed by atoms with Gasteiger partial charge in [-0.05, 0) is 18.2 Å². The van der Waals surface area contributed by atoms with E-state index in [4.69, 9.17) is 11.6 Å². The van der Waals surface area contributed by atoms with Crippen LogP contribution < -0.4 is 16.0 Å². The Morgan fingerprint density at radius 3 is 2.85 bits per heavy atom. The number of thiol groups is 1. The highest BCUT2D eigenvalue weighted by Crippen LogP contribution is 2.22. The van der Waals surface area contributed by atoms with E-state index in [2.05, 4.69) is 36.0 Å². The molecule has 2 amide bonds. The van der Waals surface area contributed by atoms with E-state index in [1.165, 1.54) is 17.7 Å². The van der Waals surface area contributed by atoms with Gasteiger partial charge in [0.05, 0.1) is 18.5 Å². The molecule has 0 bridgehead atoms. The summed E-state index contributed by atoms with van der Waals surface area (Å²) in [6.07, 6.45) is 5.35. The Morgan fingerprint density at radius 1 is 1.15 bits per heavy atom. The average Bonchev–Trinajstić information content (AvgIpc) is 3.39. The summed E-state index contributed by atoms with van der Waals surface area (Å²) in [6.45, 7) is 0.773. The number of anilines is 3. The molecule has 3 heterocycles. The minimum absolute atomic E-state index is 0.0119. The van der Waals surface area contributed by atoms with Crippen molar-refractivity contribution in [1.29, 1.82) is 0 Å². The number of hydrogen-bond acceptors (Lipinski definition) is 9. The highest BCUT2D eigenvalue weighted by molar-refractivity contribution is 7.72. The molecular weight excluding hydrogens is 488 g/mol. The zero-order chi connectivity index (χ0) is 23.2. The first-order valence-electron chi connectivity index (χ1n) is 9.78. The van der Waals surface area contributed by atoms with Crippen molar-refractivity contribution in [3.05, 3.63) is 52.9 Å². The van der Waals surface area contributed by atoms with Gasteiger partial charge in [-0.2, -0.15) is 5.10 Å². The first kappa shape index (κ1) is 22.9. The lowest BCUT2D eigenvalue weighted by molar-refractivity contribution is 0.262. The maximum Gasteiger partial charge on any atom is 0.325 e. The molecule has 0 spiro atoms. The van der Waals surface area contributed by atoms with Crippen molar-refractivity contribution in [1.82, 2.24) is 24.7 Å². The molecule has 3 aromatic heterocycles. The molecule has 0 unspecified atom stereocenters. The van der Waals surface area contributed by atoms with Crippen molar-refractivity contribution in [2.24, 2.45) is 0 Å². The fourth-order valence-electron chi connectivity index (χ4n) is 3.01. The van der Waals surface area contributed by atoms with Gasteiger partial charge >= 0.3 is 6.03 Å². The van der Waals surface area contributed by atoms with Crippen molar-refractivity contribution in [2.45, 2.75) is 13.0 Å². The molecule has 0 saturated carbocycles. The van der Waals surface area contributed by atoms with Gasteiger partial charge in [0.25, 0.3) is 0 Å². The normalized spacial score (nSPS) is 11.1. The largest absolute Gasteiger partial charge is 0.368 e. The molecular formula is C19H19ClN8O3S2. The number of benzene rings is 1. The third kappa shape index (κ3) is 6.15. The van der Waals surface area contributed by atoms with Crippen LogP contribution >= 0.6 is 22.9 Å². The highest BCUT2D eigenvalue weighted by Gasteiger charge is 2.12. The maximum absolute atomic E-state index is 12.2. The molecule has 4 rings (SSSR count). The lowest BCUT2D eigenvalue weighted by Crippen LogP contribution is -2.19. The van der Waals surface area contributed by atoms with Gasteiger partial charge in [0.15, 0.2) is 10.9 Å². The van der Waals surface area contributed by atoms with E-state index < -0.39 is 16.7 Å². The summed E-state index contributed by atoms with van der Waals surface area (Å²) in [4.78, 5) is 25.8. The molecule has 0 atom stereocenters. The van der Waals surface area contributed by atoms with Crippen LogP contribution in [0.25, 0.3) is 11.0 Å². The molecule has 1 aromatic carbocycles. The van der Waals surface area contributed by atoms with Crippen molar-refractivity contribution >= 4 is 67.3 Å². The Labute approximate surface area is 199 Å². The quantitative estimate of drug-likeness (QED) is 0.254.